The van der Waals surface area contributed by atoms with Crippen LogP contribution in [0.2, 0.25) is 0 Å². The van der Waals surface area contributed by atoms with Crippen molar-refractivity contribution in [3.63, 3.8) is 0 Å². The minimum atomic E-state index is -0.793. The Bertz CT molecular complexity index is 558. The van der Waals surface area contributed by atoms with E-state index in [4.69, 9.17) is 9.84 Å². The van der Waals surface area contributed by atoms with Gasteiger partial charge in [0.2, 0.25) is 5.91 Å². The number of nitrogens with one attached hydrogen (secondary N) is 1. The molecule has 1 aliphatic carbocycles. The van der Waals surface area contributed by atoms with E-state index in [1.165, 1.54) is 0 Å². The lowest BCUT2D eigenvalue weighted by atomic mass is 9.81. The first kappa shape index (κ1) is 17.3. The number of aliphatic carboxylic acids is 1. The highest BCUT2D eigenvalue weighted by atomic mass is 16.5. The lowest BCUT2D eigenvalue weighted by Crippen LogP contribution is -2.39. The molecule has 1 amide bonds. The molecule has 0 aromatic heterocycles. The Hall–Kier alpha value is -2.04. The molecule has 2 N–H and O–H groups in total. The molecular weight excluding hydrogens is 294 g/mol. The van der Waals surface area contributed by atoms with Crippen LogP contribution in [0.25, 0.3) is 0 Å². The number of hydrogen-bond acceptors (Lipinski definition) is 3. The van der Waals surface area contributed by atoms with Gasteiger partial charge in [0.25, 0.3) is 0 Å². The van der Waals surface area contributed by atoms with Crippen LogP contribution < -0.4 is 10.1 Å². The average molecular weight is 319 g/mol. The zero-order chi connectivity index (χ0) is 16.8. The number of rotatable bonds is 6. The second-order valence-corrected chi connectivity index (χ2v) is 6.34. The number of carbonyl (C=O) groups excluding carboxylic acids is 1. The lowest BCUT2D eigenvalue weighted by molar-refractivity contribution is -0.144. The van der Waals surface area contributed by atoms with Gasteiger partial charge in [-0.05, 0) is 44.7 Å². The molecule has 1 fully saturated rings. The van der Waals surface area contributed by atoms with Crippen molar-refractivity contribution in [1.29, 1.82) is 0 Å². The quantitative estimate of drug-likeness (QED) is 0.845. The van der Waals surface area contributed by atoms with Gasteiger partial charge in [0.1, 0.15) is 11.9 Å². The van der Waals surface area contributed by atoms with Gasteiger partial charge in [-0.3, -0.25) is 9.59 Å². The maximum absolute atomic E-state index is 12.2. The monoisotopic (exact) mass is 319 g/mol. The maximum atomic E-state index is 12.2. The fourth-order valence-electron chi connectivity index (χ4n) is 2.99. The second-order valence-electron chi connectivity index (χ2n) is 6.34. The fourth-order valence-corrected chi connectivity index (χ4v) is 2.99. The van der Waals surface area contributed by atoms with Gasteiger partial charge in [-0.15, -0.1) is 0 Å². The molecular formula is C18H25NO4. The van der Waals surface area contributed by atoms with E-state index < -0.39 is 5.97 Å². The van der Waals surface area contributed by atoms with Crippen molar-refractivity contribution in [3.8, 4) is 5.75 Å². The van der Waals surface area contributed by atoms with Crippen LogP contribution in [0.3, 0.4) is 0 Å². The highest BCUT2D eigenvalue weighted by Gasteiger charge is 2.31. The van der Waals surface area contributed by atoms with Crippen molar-refractivity contribution in [1.82, 2.24) is 5.32 Å². The molecule has 5 nitrogen and oxygen atoms in total. The summed E-state index contributed by atoms with van der Waals surface area (Å²) < 4.78 is 5.83. The summed E-state index contributed by atoms with van der Waals surface area (Å²) in [5, 5.41) is 12.0. The van der Waals surface area contributed by atoms with Crippen LogP contribution in [0.15, 0.2) is 24.3 Å². The Morgan fingerprint density at radius 2 is 2.00 bits per heavy atom. The molecule has 1 aliphatic rings. The maximum Gasteiger partial charge on any atom is 0.306 e. The molecule has 5 heteroatoms. The van der Waals surface area contributed by atoms with Gasteiger partial charge in [0, 0.05) is 5.92 Å². The van der Waals surface area contributed by atoms with E-state index in [0.717, 1.165) is 24.2 Å². The third kappa shape index (κ3) is 4.98. The zero-order valence-corrected chi connectivity index (χ0v) is 13.7. The second kappa shape index (κ2) is 7.99. The zero-order valence-electron chi connectivity index (χ0n) is 13.7. The molecule has 0 aliphatic heterocycles. The van der Waals surface area contributed by atoms with Crippen molar-refractivity contribution in [2.24, 2.45) is 11.8 Å². The summed E-state index contributed by atoms with van der Waals surface area (Å²) in [6.07, 6.45) is 2.53. The van der Waals surface area contributed by atoms with E-state index in [-0.39, 0.29) is 23.8 Å². The van der Waals surface area contributed by atoms with Crippen molar-refractivity contribution in [3.05, 3.63) is 29.8 Å². The molecule has 3 unspecified atom stereocenters. The summed E-state index contributed by atoms with van der Waals surface area (Å²) >= 11 is 0. The number of amides is 1. The third-order valence-corrected chi connectivity index (χ3v) is 4.38. The molecule has 1 aromatic carbocycles. The van der Waals surface area contributed by atoms with Gasteiger partial charge in [-0.2, -0.15) is 0 Å². The summed E-state index contributed by atoms with van der Waals surface area (Å²) in [7, 11) is 0. The predicted octanol–water partition coefficient (Wildman–Crippen LogP) is 2.77. The normalized spacial score (nSPS) is 22.2. The molecule has 0 saturated heterocycles. The van der Waals surface area contributed by atoms with Crippen LogP contribution in [0.1, 0.15) is 38.2 Å². The Morgan fingerprint density at radius 3 is 2.70 bits per heavy atom. The first-order chi connectivity index (χ1) is 11.0. The van der Waals surface area contributed by atoms with Crippen LogP contribution in [-0.2, 0) is 9.59 Å². The number of carboxylic acid groups (broad SMARTS) is 1. The summed E-state index contributed by atoms with van der Waals surface area (Å²) in [6.45, 7) is 4.31. The summed E-state index contributed by atoms with van der Waals surface area (Å²) in [6, 6.07) is 7.76. The van der Waals surface area contributed by atoms with Crippen LogP contribution in [0.5, 0.6) is 5.75 Å². The SMILES string of the molecule is Cc1ccccc1OC(C)CNC(=O)C1CCCC(C(=O)O)C1. The van der Waals surface area contributed by atoms with Crippen molar-refractivity contribution in [2.45, 2.75) is 45.6 Å². The molecule has 126 valence electrons. The molecule has 0 radical (unpaired) electrons. The molecule has 2 rings (SSSR count). The molecule has 1 aromatic rings. The lowest BCUT2D eigenvalue weighted by Gasteiger charge is -2.26. The van der Waals surface area contributed by atoms with Gasteiger partial charge in [0.05, 0.1) is 12.5 Å². The van der Waals surface area contributed by atoms with Gasteiger partial charge in [-0.1, -0.05) is 24.6 Å². The molecule has 23 heavy (non-hydrogen) atoms. The van der Waals surface area contributed by atoms with Crippen molar-refractivity contribution >= 4 is 11.9 Å². The molecule has 1 saturated carbocycles. The number of hydrogen-bond donors (Lipinski definition) is 2. The smallest absolute Gasteiger partial charge is 0.306 e. The third-order valence-electron chi connectivity index (χ3n) is 4.38. The number of para-hydroxylation sites is 1. The van der Waals surface area contributed by atoms with Crippen LogP contribution >= 0.6 is 0 Å². The standard InChI is InChI=1S/C18H25NO4/c1-12-6-3-4-9-16(12)23-13(2)11-19-17(20)14-7-5-8-15(10-14)18(21)22/h3-4,6,9,13-15H,5,7-8,10-11H2,1-2H3,(H,19,20)(H,21,22). The van der Waals surface area contributed by atoms with E-state index in [0.29, 0.717) is 19.4 Å². The average Bonchev–Trinajstić information content (AvgIpc) is 2.55. The molecule has 0 spiro atoms. The Kier molecular flexibility index (Phi) is 6.02. The van der Waals surface area contributed by atoms with Crippen LogP contribution in [-0.4, -0.2) is 29.6 Å². The van der Waals surface area contributed by atoms with E-state index in [2.05, 4.69) is 5.32 Å². The minimum absolute atomic E-state index is 0.0591. The van der Waals surface area contributed by atoms with Gasteiger partial charge < -0.3 is 15.2 Å². The number of carbonyl (C=O) groups is 2. The largest absolute Gasteiger partial charge is 0.489 e. The number of carboxylic acids is 1. The summed E-state index contributed by atoms with van der Waals surface area (Å²) in [5.41, 5.74) is 1.06. The topological polar surface area (TPSA) is 75.6 Å². The van der Waals surface area contributed by atoms with Crippen molar-refractivity contribution < 1.29 is 19.4 Å². The van der Waals surface area contributed by atoms with Gasteiger partial charge in [-0.25, -0.2) is 0 Å². The first-order valence-corrected chi connectivity index (χ1v) is 8.20. The van der Waals surface area contributed by atoms with Crippen LogP contribution in [0.4, 0.5) is 0 Å². The van der Waals surface area contributed by atoms with E-state index >= 15 is 0 Å². The number of benzene rings is 1. The molecule has 0 bridgehead atoms. The molecule has 3 atom stereocenters. The van der Waals surface area contributed by atoms with Crippen LogP contribution in [0, 0.1) is 18.8 Å². The summed E-state index contributed by atoms with van der Waals surface area (Å²) in [5.74, 6) is -0.622. The summed E-state index contributed by atoms with van der Waals surface area (Å²) in [4.78, 5) is 23.3. The Morgan fingerprint density at radius 1 is 1.30 bits per heavy atom. The number of ether oxygens (including phenoxy) is 1. The van der Waals surface area contributed by atoms with Gasteiger partial charge >= 0.3 is 5.97 Å². The highest BCUT2D eigenvalue weighted by Crippen LogP contribution is 2.29. The van der Waals surface area contributed by atoms with Gasteiger partial charge in [0.15, 0.2) is 0 Å². The Balaban J connectivity index is 1.79. The number of aryl methyl sites for hydroxylation is 1. The highest BCUT2D eigenvalue weighted by molar-refractivity contribution is 5.80. The first-order valence-electron chi connectivity index (χ1n) is 8.20. The van der Waals surface area contributed by atoms with Crippen molar-refractivity contribution in [2.75, 3.05) is 6.54 Å². The Labute approximate surface area is 137 Å². The minimum Gasteiger partial charge on any atom is -0.489 e. The predicted molar refractivity (Wildman–Crippen MR) is 87.4 cm³/mol. The fraction of sp³-hybridized carbons (Fsp3) is 0.556. The van der Waals surface area contributed by atoms with E-state index in [1.807, 2.05) is 38.1 Å². The van der Waals surface area contributed by atoms with E-state index in [1.54, 1.807) is 0 Å². The molecule has 0 heterocycles. The van der Waals surface area contributed by atoms with E-state index in [9.17, 15) is 9.59 Å².